The minimum atomic E-state index is -0.335. The third-order valence-corrected chi connectivity index (χ3v) is 4.41. The SMILES string of the molecule is COCCNC(=O)CNC(=O)c1sc2ccc(F)cc2c1C. The van der Waals surface area contributed by atoms with Crippen molar-refractivity contribution in [3.05, 3.63) is 34.5 Å². The van der Waals surface area contributed by atoms with Crippen molar-refractivity contribution in [3.63, 3.8) is 0 Å². The Morgan fingerprint density at radius 3 is 2.82 bits per heavy atom. The normalized spacial score (nSPS) is 10.7. The van der Waals surface area contributed by atoms with Gasteiger partial charge in [0.2, 0.25) is 5.91 Å². The number of fused-ring (bicyclic) bond motifs is 1. The molecule has 0 aliphatic carbocycles. The molecule has 0 aliphatic heterocycles. The van der Waals surface area contributed by atoms with Gasteiger partial charge in [0.05, 0.1) is 18.0 Å². The average Bonchev–Trinajstić information content (AvgIpc) is 2.82. The number of amides is 2. The van der Waals surface area contributed by atoms with Crippen LogP contribution in [0, 0.1) is 12.7 Å². The zero-order valence-electron chi connectivity index (χ0n) is 12.4. The quantitative estimate of drug-likeness (QED) is 0.797. The van der Waals surface area contributed by atoms with Crippen LogP contribution >= 0.6 is 11.3 Å². The minimum absolute atomic E-state index is 0.107. The summed E-state index contributed by atoms with van der Waals surface area (Å²) in [4.78, 5) is 24.2. The second-order valence-electron chi connectivity index (χ2n) is 4.72. The van der Waals surface area contributed by atoms with Gasteiger partial charge in [0, 0.05) is 18.4 Å². The van der Waals surface area contributed by atoms with E-state index in [4.69, 9.17) is 4.74 Å². The number of hydrogen-bond donors (Lipinski definition) is 2. The molecule has 2 aromatic rings. The number of benzene rings is 1. The molecule has 118 valence electrons. The van der Waals surface area contributed by atoms with Crippen LogP contribution in [0.25, 0.3) is 10.1 Å². The van der Waals surface area contributed by atoms with Crippen molar-refractivity contribution in [1.82, 2.24) is 10.6 Å². The highest BCUT2D eigenvalue weighted by Crippen LogP contribution is 2.31. The van der Waals surface area contributed by atoms with Gasteiger partial charge in [0.1, 0.15) is 5.82 Å². The molecule has 0 atom stereocenters. The van der Waals surface area contributed by atoms with Gasteiger partial charge in [-0.1, -0.05) is 0 Å². The van der Waals surface area contributed by atoms with Gasteiger partial charge in [-0.2, -0.15) is 0 Å². The molecule has 0 unspecified atom stereocenters. The van der Waals surface area contributed by atoms with Gasteiger partial charge in [0.25, 0.3) is 5.91 Å². The Balaban J connectivity index is 2.01. The van der Waals surface area contributed by atoms with E-state index in [9.17, 15) is 14.0 Å². The van der Waals surface area contributed by atoms with E-state index >= 15 is 0 Å². The van der Waals surface area contributed by atoms with Crippen LogP contribution in [0.1, 0.15) is 15.2 Å². The zero-order valence-corrected chi connectivity index (χ0v) is 13.2. The maximum Gasteiger partial charge on any atom is 0.262 e. The van der Waals surface area contributed by atoms with E-state index in [1.807, 2.05) is 0 Å². The molecule has 0 saturated heterocycles. The number of hydrogen-bond acceptors (Lipinski definition) is 4. The van der Waals surface area contributed by atoms with E-state index in [2.05, 4.69) is 10.6 Å². The molecule has 1 aromatic heterocycles. The number of halogens is 1. The second kappa shape index (κ2) is 7.33. The monoisotopic (exact) mass is 324 g/mol. The van der Waals surface area contributed by atoms with Crippen LogP contribution in [0.4, 0.5) is 4.39 Å². The predicted molar refractivity (Wildman–Crippen MR) is 83.7 cm³/mol. The highest BCUT2D eigenvalue weighted by molar-refractivity contribution is 7.21. The third-order valence-electron chi connectivity index (χ3n) is 3.14. The maximum absolute atomic E-state index is 13.3. The van der Waals surface area contributed by atoms with E-state index < -0.39 is 0 Å². The molecule has 7 heteroatoms. The third kappa shape index (κ3) is 3.80. The van der Waals surface area contributed by atoms with E-state index in [1.54, 1.807) is 20.1 Å². The standard InChI is InChI=1S/C15H17FN2O3S/c1-9-11-7-10(16)3-4-12(11)22-14(9)15(20)18-8-13(19)17-5-6-21-2/h3-4,7H,5-6,8H2,1-2H3,(H,17,19)(H,18,20). The number of methoxy groups -OCH3 is 1. The molecular formula is C15H17FN2O3S. The Morgan fingerprint density at radius 1 is 1.32 bits per heavy atom. The summed E-state index contributed by atoms with van der Waals surface area (Å²) >= 11 is 1.28. The highest BCUT2D eigenvalue weighted by atomic mass is 32.1. The summed E-state index contributed by atoms with van der Waals surface area (Å²) in [6.45, 7) is 2.48. The van der Waals surface area contributed by atoms with Crippen molar-refractivity contribution in [2.75, 3.05) is 26.8 Å². The van der Waals surface area contributed by atoms with Gasteiger partial charge in [-0.25, -0.2) is 4.39 Å². The van der Waals surface area contributed by atoms with Crippen molar-refractivity contribution >= 4 is 33.2 Å². The first-order valence-corrected chi connectivity index (χ1v) is 7.57. The lowest BCUT2D eigenvalue weighted by Crippen LogP contribution is -2.38. The highest BCUT2D eigenvalue weighted by Gasteiger charge is 2.16. The summed E-state index contributed by atoms with van der Waals surface area (Å²) in [6.07, 6.45) is 0. The Hall–Kier alpha value is -1.99. The molecular weight excluding hydrogens is 307 g/mol. The van der Waals surface area contributed by atoms with Crippen LogP contribution < -0.4 is 10.6 Å². The summed E-state index contributed by atoms with van der Waals surface area (Å²) in [7, 11) is 1.54. The van der Waals surface area contributed by atoms with Crippen molar-refractivity contribution < 1.29 is 18.7 Å². The summed E-state index contributed by atoms with van der Waals surface area (Å²) in [6, 6.07) is 4.43. The maximum atomic E-state index is 13.3. The lowest BCUT2D eigenvalue weighted by molar-refractivity contribution is -0.120. The van der Waals surface area contributed by atoms with Crippen molar-refractivity contribution in [2.45, 2.75) is 6.92 Å². The number of rotatable bonds is 6. The fourth-order valence-electron chi connectivity index (χ4n) is 2.01. The fraction of sp³-hybridized carbons (Fsp3) is 0.333. The predicted octanol–water partition coefficient (Wildman–Crippen LogP) is 1.84. The smallest absolute Gasteiger partial charge is 0.262 e. The van der Waals surface area contributed by atoms with Gasteiger partial charge in [-0.3, -0.25) is 9.59 Å². The van der Waals surface area contributed by atoms with Gasteiger partial charge in [-0.05, 0) is 36.1 Å². The summed E-state index contributed by atoms with van der Waals surface area (Å²) in [5.41, 5.74) is 0.719. The Bertz CT molecular complexity index is 699. The molecule has 0 radical (unpaired) electrons. The van der Waals surface area contributed by atoms with Gasteiger partial charge >= 0.3 is 0 Å². The minimum Gasteiger partial charge on any atom is -0.383 e. The molecule has 5 nitrogen and oxygen atoms in total. The van der Waals surface area contributed by atoms with E-state index in [0.717, 1.165) is 15.6 Å². The van der Waals surface area contributed by atoms with Crippen LogP contribution in [0.2, 0.25) is 0 Å². The first kappa shape index (κ1) is 16.4. The van der Waals surface area contributed by atoms with E-state index in [-0.39, 0.29) is 24.2 Å². The van der Waals surface area contributed by atoms with Crippen LogP contribution in [0.5, 0.6) is 0 Å². The van der Waals surface area contributed by atoms with Crippen molar-refractivity contribution in [1.29, 1.82) is 0 Å². The molecule has 1 heterocycles. The van der Waals surface area contributed by atoms with Crippen molar-refractivity contribution in [2.24, 2.45) is 0 Å². The molecule has 0 bridgehead atoms. The summed E-state index contributed by atoms with van der Waals surface area (Å²) in [5, 5.41) is 5.90. The zero-order chi connectivity index (χ0) is 16.1. The Morgan fingerprint density at radius 2 is 2.09 bits per heavy atom. The summed E-state index contributed by atoms with van der Waals surface area (Å²) < 4.78 is 18.9. The number of carbonyl (C=O) groups is 2. The molecule has 22 heavy (non-hydrogen) atoms. The first-order chi connectivity index (χ1) is 10.5. The molecule has 2 N–H and O–H groups in total. The molecule has 1 aromatic carbocycles. The van der Waals surface area contributed by atoms with Gasteiger partial charge < -0.3 is 15.4 Å². The number of nitrogens with one attached hydrogen (secondary N) is 2. The molecule has 2 rings (SSSR count). The average molecular weight is 324 g/mol. The van der Waals surface area contributed by atoms with Gasteiger partial charge in [0.15, 0.2) is 0 Å². The van der Waals surface area contributed by atoms with Crippen LogP contribution in [-0.4, -0.2) is 38.6 Å². The summed E-state index contributed by atoms with van der Waals surface area (Å²) in [5.74, 6) is -0.950. The van der Waals surface area contributed by atoms with E-state index in [1.165, 1.54) is 23.5 Å². The number of thiophene rings is 1. The number of carbonyl (C=O) groups excluding carboxylic acids is 2. The van der Waals surface area contributed by atoms with Crippen LogP contribution in [0.15, 0.2) is 18.2 Å². The number of ether oxygens (including phenoxy) is 1. The first-order valence-electron chi connectivity index (χ1n) is 6.75. The Kier molecular flexibility index (Phi) is 5.46. The second-order valence-corrected chi connectivity index (χ2v) is 5.77. The molecule has 0 saturated carbocycles. The Labute approximate surface area is 131 Å². The number of aryl methyl sites for hydroxylation is 1. The lowest BCUT2D eigenvalue weighted by Gasteiger charge is -2.06. The van der Waals surface area contributed by atoms with Gasteiger partial charge in [-0.15, -0.1) is 11.3 Å². The molecule has 2 amide bonds. The van der Waals surface area contributed by atoms with Crippen LogP contribution in [-0.2, 0) is 9.53 Å². The fourth-order valence-corrected chi connectivity index (χ4v) is 3.11. The largest absolute Gasteiger partial charge is 0.383 e. The molecule has 0 fully saturated rings. The topological polar surface area (TPSA) is 67.4 Å². The molecule has 0 aliphatic rings. The molecule has 0 spiro atoms. The van der Waals surface area contributed by atoms with Crippen molar-refractivity contribution in [3.8, 4) is 0 Å². The van der Waals surface area contributed by atoms with E-state index in [0.29, 0.717) is 18.0 Å². The van der Waals surface area contributed by atoms with Crippen LogP contribution in [0.3, 0.4) is 0 Å². The lowest BCUT2D eigenvalue weighted by atomic mass is 10.1.